The van der Waals surface area contributed by atoms with Gasteiger partial charge in [-0.1, -0.05) is 48.5 Å². The van der Waals surface area contributed by atoms with Crippen molar-refractivity contribution in [3.05, 3.63) is 119 Å². The number of hydrogen-bond donors (Lipinski definition) is 1. The van der Waals surface area contributed by atoms with Gasteiger partial charge < -0.3 is 9.47 Å². The van der Waals surface area contributed by atoms with Gasteiger partial charge in [-0.15, -0.1) is 6.58 Å². The molecule has 4 aromatic rings. The van der Waals surface area contributed by atoms with Crippen LogP contribution in [0.25, 0.3) is 16.8 Å². The van der Waals surface area contributed by atoms with Gasteiger partial charge in [0.05, 0.1) is 12.3 Å². The maximum Gasteiger partial charge on any atom is 0.335 e. The zero-order valence-electron chi connectivity index (χ0n) is 23.9. The monoisotopic (exact) mass is 560 g/mol. The van der Waals surface area contributed by atoms with Crippen molar-refractivity contribution >= 4 is 40.4 Å². The minimum atomic E-state index is -0.787. The van der Waals surface area contributed by atoms with Crippen molar-refractivity contribution in [1.29, 1.82) is 0 Å². The van der Waals surface area contributed by atoms with Gasteiger partial charge in [0.1, 0.15) is 12.2 Å². The predicted octanol–water partition coefficient (Wildman–Crippen LogP) is 6.83. The molecule has 0 spiro atoms. The lowest BCUT2D eigenvalue weighted by Gasteiger charge is -2.27. The number of benzene rings is 4. The van der Waals surface area contributed by atoms with E-state index in [1.165, 1.54) is 6.08 Å². The minimum absolute atomic E-state index is 0.162. The van der Waals surface area contributed by atoms with E-state index in [2.05, 4.69) is 36.2 Å². The first-order chi connectivity index (χ1) is 20.3. The van der Waals surface area contributed by atoms with Gasteiger partial charge in [-0.25, -0.2) is 9.69 Å². The molecule has 7 heteroatoms. The fourth-order valence-electron chi connectivity index (χ4n) is 4.91. The number of carbonyl (C=O) groups excluding carboxylic acids is 3. The fourth-order valence-corrected chi connectivity index (χ4v) is 4.91. The van der Waals surface area contributed by atoms with Crippen molar-refractivity contribution in [1.82, 2.24) is 5.32 Å². The number of nitrogens with zero attached hydrogens (tertiary/aromatic N) is 1. The first-order valence-electron chi connectivity index (χ1n) is 13.8. The summed E-state index contributed by atoms with van der Waals surface area (Å²) < 4.78 is 12.3. The molecule has 1 N–H and O–H groups in total. The number of ether oxygens (including phenoxy) is 2. The molecule has 0 unspecified atom stereocenters. The van der Waals surface area contributed by atoms with Crippen LogP contribution >= 0.6 is 0 Å². The molecule has 1 heterocycles. The number of rotatable bonds is 9. The number of nitrogens with one attached hydrogen (secondary N) is 1. The second kappa shape index (κ2) is 12.1. The van der Waals surface area contributed by atoms with E-state index in [0.717, 1.165) is 37.9 Å². The Kier molecular flexibility index (Phi) is 8.20. The number of imide groups is 2. The second-order valence-corrected chi connectivity index (χ2v) is 10.1. The lowest BCUT2D eigenvalue weighted by molar-refractivity contribution is -0.122. The quantitative estimate of drug-likeness (QED) is 0.138. The Morgan fingerprint density at radius 1 is 0.881 bits per heavy atom. The molecule has 1 saturated heterocycles. The molecule has 0 bridgehead atoms. The molecule has 0 saturated carbocycles. The highest BCUT2D eigenvalue weighted by molar-refractivity contribution is 6.39. The van der Waals surface area contributed by atoms with Crippen LogP contribution in [-0.4, -0.2) is 24.5 Å². The van der Waals surface area contributed by atoms with Crippen molar-refractivity contribution in [2.45, 2.75) is 33.8 Å². The van der Waals surface area contributed by atoms with Gasteiger partial charge in [-0.2, -0.15) is 0 Å². The highest BCUT2D eigenvalue weighted by Crippen LogP contribution is 2.36. The number of hydrogen-bond acceptors (Lipinski definition) is 5. The van der Waals surface area contributed by atoms with Gasteiger partial charge in [0, 0.05) is 5.56 Å². The first-order valence-corrected chi connectivity index (χ1v) is 13.8. The maximum absolute atomic E-state index is 13.5. The lowest BCUT2D eigenvalue weighted by Crippen LogP contribution is -2.54. The number of aryl methyl sites for hydroxylation is 2. The van der Waals surface area contributed by atoms with Crippen molar-refractivity contribution in [2.75, 3.05) is 11.5 Å². The average molecular weight is 561 g/mol. The van der Waals surface area contributed by atoms with Gasteiger partial charge in [-0.05, 0) is 96.6 Å². The summed E-state index contributed by atoms with van der Waals surface area (Å²) in [4.78, 5) is 40.0. The number of fused-ring (bicyclic) bond motifs is 1. The van der Waals surface area contributed by atoms with E-state index < -0.39 is 17.8 Å². The van der Waals surface area contributed by atoms with E-state index in [9.17, 15) is 14.4 Å². The van der Waals surface area contributed by atoms with E-state index >= 15 is 0 Å². The number of allylic oxidation sites excluding steroid dienone is 1. The molecular formula is C35H32N2O5. The summed E-state index contributed by atoms with van der Waals surface area (Å²) >= 11 is 0. The standard InChI is InChI=1S/C35H32N2O5/c1-5-9-28-18-25(19-30-33(38)36-35(40)37(34(30)39)29-15-12-22(3)23(4)16-29)20-31(41-6-2)32(28)42-21-24-13-14-26-10-7-8-11-27(26)17-24/h5,7-8,10-20H,1,6,9,21H2,2-4H3,(H,36,38,40)/b30-19+. The summed E-state index contributed by atoms with van der Waals surface area (Å²) in [6.45, 7) is 10.3. The lowest BCUT2D eigenvalue weighted by atomic mass is 10.0. The van der Waals surface area contributed by atoms with Crippen LogP contribution in [0.2, 0.25) is 0 Å². The van der Waals surface area contributed by atoms with E-state index in [1.54, 1.807) is 24.3 Å². The summed E-state index contributed by atoms with van der Waals surface area (Å²) in [5, 5.41) is 4.57. The number of barbiturate groups is 1. The largest absolute Gasteiger partial charge is 0.490 e. The zero-order chi connectivity index (χ0) is 29.8. The molecule has 212 valence electrons. The Hall–Kier alpha value is -5.17. The molecule has 4 amide bonds. The Labute approximate surface area is 245 Å². The summed E-state index contributed by atoms with van der Waals surface area (Å²) in [7, 11) is 0. The second-order valence-electron chi connectivity index (χ2n) is 10.1. The number of urea groups is 1. The van der Waals surface area contributed by atoms with Crippen LogP contribution in [0.15, 0.2) is 91.0 Å². The molecule has 1 fully saturated rings. The first kappa shape index (κ1) is 28.4. The molecule has 0 aliphatic carbocycles. The maximum atomic E-state index is 13.5. The van der Waals surface area contributed by atoms with Crippen molar-refractivity contribution in [3.8, 4) is 11.5 Å². The Balaban J connectivity index is 1.49. The van der Waals surface area contributed by atoms with Crippen molar-refractivity contribution < 1.29 is 23.9 Å². The summed E-state index contributed by atoms with van der Waals surface area (Å²) in [5.41, 5.74) is 4.52. The van der Waals surface area contributed by atoms with Gasteiger partial charge >= 0.3 is 6.03 Å². The van der Waals surface area contributed by atoms with Crippen LogP contribution in [0.3, 0.4) is 0 Å². The highest BCUT2D eigenvalue weighted by atomic mass is 16.5. The van der Waals surface area contributed by atoms with Crippen LogP contribution < -0.4 is 19.7 Å². The van der Waals surface area contributed by atoms with Crippen LogP contribution in [0, 0.1) is 13.8 Å². The fraction of sp³-hybridized carbons (Fsp3) is 0.171. The van der Waals surface area contributed by atoms with E-state index in [-0.39, 0.29) is 5.57 Å². The molecule has 1 aliphatic heterocycles. The van der Waals surface area contributed by atoms with E-state index in [0.29, 0.717) is 42.4 Å². The van der Waals surface area contributed by atoms with Gasteiger partial charge in [-0.3, -0.25) is 14.9 Å². The Morgan fingerprint density at radius 2 is 1.67 bits per heavy atom. The third kappa shape index (κ3) is 5.81. The molecule has 1 aliphatic rings. The van der Waals surface area contributed by atoms with Gasteiger partial charge in [0.25, 0.3) is 11.8 Å². The summed E-state index contributed by atoms with van der Waals surface area (Å²) in [5.74, 6) is -0.412. The molecular weight excluding hydrogens is 528 g/mol. The smallest absolute Gasteiger partial charge is 0.335 e. The third-order valence-electron chi connectivity index (χ3n) is 7.18. The minimum Gasteiger partial charge on any atom is -0.490 e. The number of carbonyl (C=O) groups is 3. The van der Waals surface area contributed by atoms with E-state index in [1.807, 2.05) is 51.1 Å². The van der Waals surface area contributed by atoms with Gasteiger partial charge in [0.15, 0.2) is 11.5 Å². The van der Waals surface area contributed by atoms with Crippen molar-refractivity contribution in [3.63, 3.8) is 0 Å². The Morgan fingerprint density at radius 3 is 2.40 bits per heavy atom. The molecule has 42 heavy (non-hydrogen) atoms. The molecule has 0 radical (unpaired) electrons. The van der Waals surface area contributed by atoms with Crippen LogP contribution in [-0.2, 0) is 22.6 Å². The number of amides is 4. The van der Waals surface area contributed by atoms with E-state index in [4.69, 9.17) is 9.47 Å². The molecule has 7 nitrogen and oxygen atoms in total. The average Bonchev–Trinajstić information content (AvgIpc) is 2.97. The third-order valence-corrected chi connectivity index (χ3v) is 7.18. The molecule has 4 aromatic carbocycles. The highest BCUT2D eigenvalue weighted by Gasteiger charge is 2.37. The van der Waals surface area contributed by atoms with Gasteiger partial charge in [0.2, 0.25) is 0 Å². The predicted molar refractivity (Wildman–Crippen MR) is 165 cm³/mol. The zero-order valence-corrected chi connectivity index (χ0v) is 23.9. The van der Waals surface area contributed by atoms with Crippen LogP contribution in [0.1, 0.15) is 34.7 Å². The summed E-state index contributed by atoms with van der Waals surface area (Å²) in [6, 6.07) is 22.4. The van der Waals surface area contributed by atoms with Crippen LogP contribution in [0.5, 0.6) is 11.5 Å². The molecule has 5 rings (SSSR count). The SMILES string of the molecule is C=CCc1cc(/C=C2\C(=O)NC(=O)N(c3ccc(C)c(C)c3)C2=O)cc(OCC)c1OCc1ccc2ccccc2c1. The van der Waals surface area contributed by atoms with Crippen molar-refractivity contribution in [2.24, 2.45) is 0 Å². The van der Waals surface area contributed by atoms with Crippen LogP contribution in [0.4, 0.5) is 10.5 Å². The molecule has 0 atom stereocenters. The topological polar surface area (TPSA) is 84.9 Å². The normalized spacial score (nSPS) is 14.3. The molecule has 0 aromatic heterocycles. The Bertz CT molecular complexity index is 1750. The summed E-state index contributed by atoms with van der Waals surface area (Å²) in [6.07, 6.45) is 3.70. The number of anilines is 1.